The zero-order valence-corrected chi connectivity index (χ0v) is 18.6. The number of hydrogen-bond acceptors (Lipinski definition) is 6. The van der Waals surface area contributed by atoms with E-state index in [-0.39, 0.29) is 30.2 Å². The summed E-state index contributed by atoms with van der Waals surface area (Å²) in [5.41, 5.74) is 1.46. The second kappa shape index (κ2) is 6.76. The molecule has 5 aliphatic rings. The third-order valence-electron chi connectivity index (χ3n) is 9.05. The van der Waals surface area contributed by atoms with Gasteiger partial charge in [0.25, 0.3) is 0 Å². The summed E-state index contributed by atoms with van der Waals surface area (Å²) in [5, 5.41) is 26.3. The van der Waals surface area contributed by atoms with E-state index in [1.807, 2.05) is 6.07 Å². The van der Waals surface area contributed by atoms with E-state index >= 15 is 0 Å². The smallest absolute Gasteiger partial charge is 0.224 e. The molecule has 1 saturated heterocycles. The number of aliphatic hydroxyl groups is 1. The SMILES string of the molecule is O=C(Cc1ccoc1)N[C@H]1CC[C@@]2(O)[C@H]3Cc4ccc(O)c5c4[C@@]2(CCN3CC2CC2)[C@H]1O5. The molecule has 2 bridgehead atoms. The van der Waals surface area contributed by atoms with Crippen molar-refractivity contribution >= 4 is 5.91 Å². The quantitative estimate of drug-likeness (QED) is 0.647. The van der Waals surface area contributed by atoms with Crippen LogP contribution in [-0.2, 0) is 23.1 Å². The van der Waals surface area contributed by atoms with Crippen molar-refractivity contribution in [2.45, 2.75) is 74.1 Å². The molecule has 1 aromatic heterocycles. The van der Waals surface area contributed by atoms with Gasteiger partial charge >= 0.3 is 0 Å². The number of aromatic hydroxyl groups is 1. The summed E-state index contributed by atoms with van der Waals surface area (Å²) < 4.78 is 11.6. The van der Waals surface area contributed by atoms with Gasteiger partial charge in [-0.3, -0.25) is 9.69 Å². The van der Waals surface area contributed by atoms with Gasteiger partial charge in [-0.1, -0.05) is 6.07 Å². The van der Waals surface area contributed by atoms with Crippen LogP contribution in [0.4, 0.5) is 0 Å². The Morgan fingerprint density at radius 1 is 1.21 bits per heavy atom. The molecule has 7 nitrogen and oxygen atoms in total. The number of furan rings is 1. The predicted molar refractivity (Wildman–Crippen MR) is 119 cm³/mol. The summed E-state index contributed by atoms with van der Waals surface area (Å²) in [6, 6.07) is 5.35. The Morgan fingerprint density at radius 2 is 2.09 bits per heavy atom. The molecule has 0 radical (unpaired) electrons. The van der Waals surface area contributed by atoms with Crippen LogP contribution < -0.4 is 10.1 Å². The number of rotatable bonds is 5. The van der Waals surface area contributed by atoms with Crippen LogP contribution in [0.15, 0.2) is 35.1 Å². The van der Waals surface area contributed by atoms with Crippen LogP contribution >= 0.6 is 0 Å². The van der Waals surface area contributed by atoms with Gasteiger partial charge in [0.05, 0.1) is 36.0 Å². The number of amides is 1. The lowest BCUT2D eigenvalue weighted by Crippen LogP contribution is -2.78. The van der Waals surface area contributed by atoms with E-state index in [1.54, 1.807) is 24.7 Å². The van der Waals surface area contributed by atoms with Gasteiger partial charge in [0.1, 0.15) is 6.10 Å². The highest BCUT2D eigenvalue weighted by Crippen LogP contribution is 2.65. The first-order valence-corrected chi connectivity index (χ1v) is 12.3. The molecule has 2 aliphatic heterocycles. The number of nitrogens with one attached hydrogen (secondary N) is 1. The first-order chi connectivity index (χ1) is 16.0. The average Bonchev–Trinajstić information content (AvgIpc) is 3.31. The summed E-state index contributed by atoms with van der Waals surface area (Å²) in [6.45, 7) is 1.97. The number of benzene rings is 1. The zero-order valence-electron chi connectivity index (χ0n) is 18.6. The molecule has 2 aromatic rings. The summed E-state index contributed by atoms with van der Waals surface area (Å²) >= 11 is 0. The molecule has 2 saturated carbocycles. The molecular formula is C26H30N2O5. The Morgan fingerprint density at radius 3 is 2.88 bits per heavy atom. The van der Waals surface area contributed by atoms with Crippen LogP contribution in [-0.4, -0.2) is 57.9 Å². The monoisotopic (exact) mass is 450 g/mol. The molecule has 3 N–H and O–H groups in total. The molecule has 1 spiro atoms. The van der Waals surface area contributed by atoms with Crippen molar-refractivity contribution in [2.75, 3.05) is 13.1 Å². The van der Waals surface area contributed by atoms with Crippen molar-refractivity contribution in [1.29, 1.82) is 0 Å². The number of carbonyl (C=O) groups is 1. The molecule has 0 unspecified atom stereocenters. The average molecular weight is 451 g/mol. The Bertz CT molecular complexity index is 1110. The van der Waals surface area contributed by atoms with Gasteiger partial charge in [-0.2, -0.15) is 0 Å². The van der Waals surface area contributed by atoms with Gasteiger partial charge in [0.2, 0.25) is 5.91 Å². The highest BCUT2D eigenvalue weighted by molar-refractivity contribution is 5.79. The highest BCUT2D eigenvalue weighted by atomic mass is 16.5. The standard InChI is InChI=1S/C26H30N2O5/c29-19-4-3-17-12-20-26(31)7-5-18(27-21(30)11-16-6-10-32-14-16)24-25(26,22(17)23(19)33-24)8-9-28(20)13-15-1-2-15/h3-4,6,10,14-15,18,20,24,29,31H,1-2,5,7-9,11-13H2,(H,27,30)/t18-,20+,24-,25-,26+/m0/s1. The van der Waals surface area contributed by atoms with Crippen LogP contribution in [0.2, 0.25) is 0 Å². The summed E-state index contributed by atoms with van der Waals surface area (Å²) in [4.78, 5) is 15.4. The fraction of sp³-hybridized carbons (Fsp3) is 0.577. The highest BCUT2D eigenvalue weighted by Gasteiger charge is 2.73. The van der Waals surface area contributed by atoms with Crippen molar-refractivity contribution in [2.24, 2.45) is 5.92 Å². The van der Waals surface area contributed by atoms with E-state index in [4.69, 9.17) is 9.15 Å². The van der Waals surface area contributed by atoms with Crippen LogP contribution in [0.3, 0.4) is 0 Å². The Kier molecular flexibility index (Phi) is 4.08. The minimum Gasteiger partial charge on any atom is -0.504 e. The number of ether oxygens (including phenoxy) is 1. The van der Waals surface area contributed by atoms with E-state index < -0.39 is 17.1 Å². The lowest BCUT2D eigenvalue weighted by Gasteiger charge is -2.64. The lowest BCUT2D eigenvalue weighted by molar-refractivity contribution is -0.192. The van der Waals surface area contributed by atoms with Crippen LogP contribution in [0, 0.1) is 5.92 Å². The maximum Gasteiger partial charge on any atom is 0.224 e. The number of nitrogens with zero attached hydrogens (tertiary/aromatic N) is 1. The molecule has 3 aliphatic carbocycles. The molecule has 7 rings (SSSR count). The number of piperidine rings is 1. The van der Waals surface area contributed by atoms with Gasteiger partial charge in [-0.25, -0.2) is 0 Å². The Balaban J connectivity index is 1.27. The van der Waals surface area contributed by atoms with E-state index in [9.17, 15) is 15.0 Å². The van der Waals surface area contributed by atoms with Crippen molar-refractivity contribution in [1.82, 2.24) is 10.2 Å². The largest absolute Gasteiger partial charge is 0.504 e. The topological polar surface area (TPSA) is 95.2 Å². The van der Waals surface area contributed by atoms with Gasteiger partial charge in [0.15, 0.2) is 11.5 Å². The zero-order chi connectivity index (χ0) is 22.4. The second-order valence-electron chi connectivity index (χ2n) is 10.8. The third kappa shape index (κ3) is 2.66. The third-order valence-corrected chi connectivity index (χ3v) is 9.05. The molecule has 5 atom stereocenters. The number of phenols is 1. The minimum atomic E-state index is -0.928. The maximum absolute atomic E-state index is 12.9. The number of carbonyl (C=O) groups excluding carboxylic acids is 1. The first kappa shape index (κ1) is 19.9. The van der Waals surface area contributed by atoms with Crippen molar-refractivity contribution in [3.63, 3.8) is 0 Å². The minimum absolute atomic E-state index is 0.0449. The van der Waals surface area contributed by atoms with Crippen molar-refractivity contribution in [3.05, 3.63) is 47.4 Å². The predicted octanol–water partition coefficient (Wildman–Crippen LogP) is 2.28. The fourth-order valence-electron chi connectivity index (χ4n) is 7.47. The second-order valence-corrected chi connectivity index (χ2v) is 10.8. The molecule has 3 heterocycles. The van der Waals surface area contributed by atoms with E-state index in [2.05, 4.69) is 10.2 Å². The van der Waals surface area contributed by atoms with Crippen LogP contribution in [0.1, 0.15) is 48.8 Å². The van der Waals surface area contributed by atoms with Gasteiger partial charge in [-0.15, -0.1) is 0 Å². The van der Waals surface area contributed by atoms with E-state index in [1.165, 1.54) is 18.4 Å². The number of likely N-dealkylation sites (tertiary alicyclic amines) is 1. The molecular weight excluding hydrogens is 420 g/mol. The van der Waals surface area contributed by atoms with E-state index in [0.29, 0.717) is 18.6 Å². The summed E-state index contributed by atoms with van der Waals surface area (Å²) in [6.07, 6.45) is 8.41. The number of hydrogen-bond donors (Lipinski definition) is 3. The van der Waals surface area contributed by atoms with Crippen molar-refractivity contribution in [3.8, 4) is 11.5 Å². The maximum atomic E-state index is 12.9. The van der Waals surface area contributed by atoms with Gasteiger partial charge in [0, 0.05) is 18.2 Å². The normalized spacial score (nSPS) is 36.2. The molecule has 7 heteroatoms. The first-order valence-electron chi connectivity index (χ1n) is 12.3. The van der Waals surface area contributed by atoms with Crippen LogP contribution in [0.25, 0.3) is 0 Å². The van der Waals surface area contributed by atoms with Gasteiger partial charge in [-0.05, 0) is 74.2 Å². The molecule has 1 amide bonds. The molecule has 1 aromatic carbocycles. The lowest BCUT2D eigenvalue weighted by atomic mass is 9.48. The molecule has 3 fully saturated rings. The van der Waals surface area contributed by atoms with Crippen molar-refractivity contribution < 1.29 is 24.2 Å². The molecule has 33 heavy (non-hydrogen) atoms. The Hall–Kier alpha value is -2.51. The summed E-state index contributed by atoms with van der Waals surface area (Å²) in [7, 11) is 0. The Labute approximate surface area is 192 Å². The van der Waals surface area contributed by atoms with Crippen LogP contribution in [0.5, 0.6) is 11.5 Å². The molecule has 174 valence electrons. The fourth-order valence-corrected chi connectivity index (χ4v) is 7.47. The summed E-state index contributed by atoms with van der Waals surface area (Å²) in [5.74, 6) is 1.32. The number of phenolic OH excluding ortho intramolecular Hbond substituents is 1. The van der Waals surface area contributed by atoms with E-state index in [0.717, 1.165) is 43.0 Å². The van der Waals surface area contributed by atoms with Gasteiger partial charge < -0.3 is 24.7 Å².